The summed E-state index contributed by atoms with van der Waals surface area (Å²) < 4.78 is 79.4. The third-order valence-electron chi connectivity index (χ3n) is 6.14. The summed E-state index contributed by atoms with van der Waals surface area (Å²) in [4.78, 5) is 12.8. The standard InChI is InChI=1S/C31H23F3O5STe/c1-22(35)38-41(39-40(36,37)31(32,33)34)29(25-18-10-4-11-19-25)27(23-14-6-2-7-15-23)28(24-16-8-3-9-17-24)30(41)26-20-12-5-13-21-26/h2-21H,1H3. The van der Waals surface area contributed by atoms with Gasteiger partial charge in [-0.3, -0.25) is 0 Å². The Morgan fingerprint density at radius 1 is 0.610 bits per heavy atom. The van der Waals surface area contributed by atoms with Crippen LogP contribution in [0.3, 0.4) is 0 Å². The predicted molar refractivity (Wildman–Crippen MR) is 153 cm³/mol. The Bertz CT molecular complexity index is 1640. The van der Waals surface area contributed by atoms with Crippen LogP contribution in [0.4, 0.5) is 13.2 Å². The number of allylic oxidation sites excluding steroid dienone is 2. The SMILES string of the molecule is CC(=O)O[Te]1(OS(=O)(=O)C(F)(F)F)C(c2ccccc2)=C(c2ccccc2)C(c2ccccc2)=C1c1ccccc1. The van der Waals surface area contributed by atoms with E-state index in [1.165, 1.54) is 0 Å². The Labute approximate surface area is 240 Å². The van der Waals surface area contributed by atoms with Gasteiger partial charge in [0.2, 0.25) is 0 Å². The molecule has 4 aromatic rings. The summed E-state index contributed by atoms with van der Waals surface area (Å²) in [5, 5.41) is 0. The van der Waals surface area contributed by atoms with Crippen LogP contribution in [-0.2, 0) is 20.6 Å². The monoisotopic (exact) mass is 694 g/mol. The minimum absolute atomic E-state index is 0.125. The molecule has 0 saturated carbocycles. The van der Waals surface area contributed by atoms with E-state index in [4.69, 9.17) is 5.65 Å². The number of hydrogen-bond acceptors (Lipinski definition) is 5. The molecule has 0 aliphatic carbocycles. The molecule has 1 heterocycles. The van der Waals surface area contributed by atoms with Gasteiger partial charge in [0.05, 0.1) is 0 Å². The molecule has 210 valence electrons. The van der Waals surface area contributed by atoms with Crippen molar-refractivity contribution in [2.45, 2.75) is 12.4 Å². The number of halogens is 3. The van der Waals surface area contributed by atoms with Gasteiger partial charge in [0, 0.05) is 0 Å². The number of hydrogen-bond donors (Lipinski definition) is 0. The summed E-state index contributed by atoms with van der Waals surface area (Å²) in [6.07, 6.45) is 0. The number of alkyl halides is 3. The quantitative estimate of drug-likeness (QED) is 0.152. The summed E-state index contributed by atoms with van der Waals surface area (Å²) in [6.45, 7) is 1.03. The summed E-state index contributed by atoms with van der Waals surface area (Å²) in [5.41, 5.74) is -2.96. The molecule has 0 amide bonds. The van der Waals surface area contributed by atoms with E-state index < -0.39 is 40.6 Å². The fraction of sp³-hybridized carbons (Fsp3) is 0.0645. The van der Waals surface area contributed by atoms with Crippen molar-refractivity contribution < 1.29 is 32.0 Å². The van der Waals surface area contributed by atoms with E-state index in [1.54, 1.807) is 121 Å². The minimum atomic E-state index is -6.24. The first-order valence-electron chi connectivity index (χ1n) is 12.3. The maximum absolute atomic E-state index is 14.0. The molecule has 0 atom stereocenters. The van der Waals surface area contributed by atoms with Gasteiger partial charge in [-0.2, -0.15) is 0 Å². The number of benzene rings is 4. The topological polar surface area (TPSA) is 69.7 Å². The molecule has 5 rings (SSSR count). The molecule has 10 heteroatoms. The number of carbonyl (C=O) groups excluding carboxylic acids is 1. The molecule has 1 aliphatic rings. The van der Waals surface area contributed by atoms with Gasteiger partial charge in [-0.15, -0.1) is 0 Å². The van der Waals surface area contributed by atoms with E-state index in [9.17, 15) is 26.4 Å². The molecule has 0 bridgehead atoms. The van der Waals surface area contributed by atoms with Crippen LogP contribution >= 0.6 is 0 Å². The maximum atomic E-state index is 14.0. The average Bonchev–Trinajstić information content (AvgIpc) is 3.23. The van der Waals surface area contributed by atoms with E-state index in [-0.39, 0.29) is 7.24 Å². The zero-order chi connectivity index (χ0) is 29.3. The second-order valence-electron chi connectivity index (χ2n) is 8.92. The van der Waals surface area contributed by atoms with Crippen LogP contribution in [-0.4, -0.2) is 38.9 Å². The molecule has 0 spiro atoms. The van der Waals surface area contributed by atoms with Crippen molar-refractivity contribution in [1.29, 1.82) is 0 Å². The third-order valence-corrected chi connectivity index (χ3v) is 17.2. The van der Waals surface area contributed by atoms with Crippen molar-refractivity contribution in [1.82, 2.24) is 0 Å². The summed E-state index contributed by atoms with van der Waals surface area (Å²) in [5.74, 6) is -0.966. The molecule has 5 nitrogen and oxygen atoms in total. The van der Waals surface area contributed by atoms with E-state index in [0.29, 0.717) is 33.4 Å². The van der Waals surface area contributed by atoms with Crippen molar-refractivity contribution in [3.63, 3.8) is 0 Å². The Balaban J connectivity index is 2.05. The molecule has 0 aromatic heterocycles. The van der Waals surface area contributed by atoms with Gasteiger partial charge in [0.25, 0.3) is 0 Å². The van der Waals surface area contributed by atoms with Crippen molar-refractivity contribution in [2.75, 3.05) is 0 Å². The van der Waals surface area contributed by atoms with Crippen LogP contribution in [0.2, 0.25) is 0 Å². The Hall–Kier alpha value is -3.68. The number of carbonyl (C=O) groups is 1. The molecule has 0 fully saturated rings. The molecule has 0 radical (unpaired) electrons. The predicted octanol–water partition coefficient (Wildman–Crippen LogP) is 7.17. The Morgan fingerprint density at radius 2 is 0.927 bits per heavy atom. The van der Waals surface area contributed by atoms with Gasteiger partial charge in [-0.05, 0) is 0 Å². The molecule has 0 saturated heterocycles. The van der Waals surface area contributed by atoms with E-state index in [2.05, 4.69) is 0 Å². The molecule has 4 aromatic carbocycles. The second kappa shape index (κ2) is 11.3. The first kappa shape index (κ1) is 28.8. The van der Waals surface area contributed by atoms with Crippen molar-refractivity contribution in [2.24, 2.45) is 0 Å². The van der Waals surface area contributed by atoms with Gasteiger partial charge in [0.15, 0.2) is 0 Å². The van der Waals surface area contributed by atoms with Gasteiger partial charge in [-0.1, -0.05) is 0 Å². The van der Waals surface area contributed by atoms with Gasteiger partial charge < -0.3 is 0 Å². The molecule has 1 aliphatic heterocycles. The molecular weight excluding hydrogens is 669 g/mol. The summed E-state index contributed by atoms with van der Waals surface area (Å²) >= 11 is -5.89. The second-order valence-corrected chi connectivity index (χ2v) is 17.3. The zero-order valence-electron chi connectivity index (χ0n) is 21.5. The van der Waals surface area contributed by atoms with Gasteiger partial charge >= 0.3 is 242 Å². The van der Waals surface area contributed by atoms with Gasteiger partial charge in [-0.25, -0.2) is 0 Å². The first-order valence-corrected chi connectivity index (χ1v) is 18.0. The molecule has 0 N–H and O–H groups in total. The zero-order valence-corrected chi connectivity index (χ0v) is 24.7. The third kappa shape index (κ3) is 5.48. The fourth-order valence-corrected chi connectivity index (χ4v) is 16.7. The van der Waals surface area contributed by atoms with Crippen LogP contribution in [0.1, 0.15) is 29.2 Å². The normalized spacial score (nSPS) is 16.0. The van der Waals surface area contributed by atoms with Gasteiger partial charge in [0.1, 0.15) is 0 Å². The molecule has 0 unspecified atom stereocenters. The van der Waals surface area contributed by atoms with Crippen LogP contribution in [0.25, 0.3) is 18.4 Å². The number of rotatable bonds is 7. The Morgan fingerprint density at radius 3 is 1.22 bits per heavy atom. The van der Waals surface area contributed by atoms with E-state index >= 15 is 0 Å². The van der Waals surface area contributed by atoms with Crippen LogP contribution < -0.4 is 0 Å². The summed E-state index contributed by atoms with van der Waals surface area (Å²) in [7, 11) is -6.24. The van der Waals surface area contributed by atoms with Crippen LogP contribution in [0, 0.1) is 0 Å². The fourth-order valence-electron chi connectivity index (χ4n) is 4.63. The Kier molecular flexibility index (Phi) is 7.95. The van der Waals surface area contributed by atoms with Crippen LogP contribution in [0.5, 0.6) is 0 Å². The van der Waals surface area contributed by atoms with Crippen LogP contribution in [0.15, 0.2) is 121 Å². The average molecular weight is 692 g/mol. The molecular formula is C31H23F3O5STe. The van der Waals surface area contributed by atoms with Crippen molar-refractivity contribution >= 4 is 53.5 Å². The van der Waals surface area contributed by atoms with Crippen molar-refractivity contribution in [3.05, 3.63) is 144 Å². The summed E-state index contributed by atoms with van der Waals surface area (Å²) in [6, 6.07) is 34.4. The van der Waals surface area contributed by atoms with E-state index in [0.717, 1.165) is 6.92 Å². The van der Waals surface area contributed by atoms with Crippen molar-refractivity contribution in [3.8, 4) is 0 Å². The van der Waals surface area contributed by atoms with E-state index in [1.807, 2.05) is 0 Å². The molecule has 41 heavy (non-hydrogen) atoms. The first-order chi connectivity index (χ1) is 19.6.